The standard InChI is InChI=1S/C10H16O/c1-9(2)7-4-5-10(3,11)8(9)6-7/h4-5,7-8,11H,6H2,1-3H3/t7-,8+,10?/m1/s1. The fraction of sp³-hybridized carbons (Fsp3) is 0.800. The lowest BCUT2D eigenvalue weighted by Gasteiger charge is -2.59. The van der Waals surface area contributed by atoms with Crippen molar-refractivity contribution in [2.45, 2.75) is 32.8 Å². The molecule has 1 unspecified atom stereocenters. The summed E-state index contributed by atoms with van der Waals surface area (Å²) in [4.78, 5) is 0. The maximum absolute atomic E-state index is 9.93. The summed E-state index contributed by atoms with van der Waals surface area (Å²) in [6.07, 6.45) is 5.33. The van der Waals surface area contributed by atoms with E-state index in [-0.39, 0.29) is 0 Å². The Morgan fingerprint density at radius 2 is 2.00 bits per heavy atom. The van der Waals surface area contributed by atoms with Crippen LogP contribution in [0.3, 0.4) is 0 Å². The maximum atomic E-state index is 9.93. The predicted molar refractivity (Wildman–Crippen MR) is 45.1 cm³/mol. The van der Waals surface area contributed by atoms with Gasteiger partial charge in [-0.25, -0.2) is 0 Å². The second-order valence-electron chi connectivity index (χ2n) is 4.80. The van der Waals surface area contributed by atoms with Gasteiger partial charge in [0.1, 0.15) is 0 Å². The van der Waals surface area contributed by atoms with Gasteiger partial charge in [-0.05, 0) is 30.6 Å². The Bertz CT molecular complexity index is 213. The molecule has 62 valence electrons. The fourth-order valence-corrected chi connectivity index (χ4v) is 2.70. The largest absolute Gasteiger partial charge is 0.386 e. The van der Waals surface area contributed by atoms with Crippen molar-refractivity contribution in [3.8, 4) is 0 Å². The summed E-state index contributed by atoms with van der Waals surface area (Å²) in [5.74, 6) is 1.19. The second kappa shape index (κ2) is 1.71. The zero-order valence-corrected chi connectivity index (χ0v) is 7.46. The average molecular weight is 152 g/mol. The molecule has 1 nitrogen and oxygen atoms in total. The molecule has 1 fully saturated rings. The van der Waals surface area contributed by atoms with Gasteiger partial charge in [0, 0.05) is 0 Å². The Balaban J connectivity index is 2.36. The molecule has 0 aromatic carbocycles. The van der Waals surface area contributed by atoms with Crippen LogP contribution in [0.5, 0.6) is 0 Å². The van der Waals surface area contributed by atoms with Crippen molar-refractivity contribution < 1.29 is 5.11 Å². The van der Waals surface area contributed by atoms with E-state index in [1.165, 1.54) is 6.42 Å². The van der Waals surface area contributed by atoms with Crippen LogP contribution in [0.1, 0.15) is 27.2 Å². The molecule has 3 aliphatic carbocycles. The van der Waals surface area contributed by atoms with Gasteiger partial charge in [-0.3, -0.25) is 0 Å². The summed E-state index contributed by atoms with van der Waals surface area (Å²) in [5.41, 5.74) is -0.212. The van der Waals surface area contributed by atoms with Crippen LogP contribution in [-0.4, -0.2) is 10.7 Å². The first kappa shape index (κ1) is 7.35. The van der Waals surface area contributed by atoms with E-state index in [1.54, 1.807) is 0 Å². The van der Waals surface area contributed by atoms with Crippen molar-refractivity contribution in [1.29, 1.82) is 0 Å². The highest BCUT2D eigenvalue weighted by atomic mass is 16.3. The van der Waals surface area contributed by atoms with E-state index in [0.29, 0.717) is 17.3 Å². The van der Waals surface area contributed by atoms with E-state index in [0.717, 1.165) is 0 Å². The molecule has 0 aromatic heterocycles. The Labute approximate surface area is 68.1 Å². The monoisotopic (exact) mass is 152 g/mol. The molecule has 0 spiro atoms. The molecule has 0 heterocycles. The first-order valence-electron chi connectivity index (χ1n) is 4.36. The van der Waals surface area contributed by atoms with E-state index in [9.17, 15) is 5.11 Å². The Morgan fingerprint density at radius 3 is 2.27 bits per heavy atom. The highest BCUT2D eigenvalue weighted by Crippen LogP contribution is 2.59. The molecule has 0 aliphatic heterocycles. The van der Waals surface area contributed by atoms with E-state index >= 15 is 0 Å². The van der Waals surface area contributed by atoms with E-state index < -0.39 is 5.60 Å². The maximum Gasteiger partial charge on any atom is 0.0833 e. The molecule has 0 amide bonds. The minimum absolute atomic E-state index is 0.332. The Morgan fingerprint density at radius 1 is 1.36 bits per heavy atom. The van der Waals surface area contributed by atoms with E-state index in [1.807, 2.05) is 13.0 Å². The second-order valence-corrected chi connectivity index (χ2v) is 4.80. The summed E-state index contributed by atoms with van der Waals surface area (Å²) in [7, 11) is 0. The van der Waals surface area contributed by atoms with Crippen LogP contribution in [0.25, 0.3) is 0 Å². The molecule has 0 aromatic rings. The average Bonchev–Trinajstić information content (AvgIpc) is 1.84. The lowest BCUT2D eigenvalue weighted by molar-refractivity contribution is -0.121. The van der Waals surface area contributed by atoms with Crippen LogP contribution < -0.4 is 0 Å². The SMILES string of the molecule is CC1(O)C=C[C@@H]2C[C@H]1C2(C)C. The summed E-state index contributed by atoms with van der Waals surface area (Å²) < 4.78 is 0. The smallest absolute Gasteiger partial charge is 0.0833 e. The third-order valence-electron chi connectivity index (χ3n) is 3.71. The van der Waals surface area contributed by atoms with Gasteiger partial charge in [0.05, 0.1) is 5.60 Å². The van der Waals surface area contributed by atoms with E-state index in [2.05, 4.69) is 19.9 Å². The molecule has 11 heavy (non-hydrogen) atoms. The molecule has 1 N–H and O–H groups in total. The zero-order valence-electron chi connectivity index (χ0n) is 7.46. The Hall–Kier alpha value is -0.300. The molecule has 1 heteroatoms. The molecular formula is C10H16O. The number of rotatable bonds is 0. The third kappa shape index (κ3) is 0.750. The number of hydrogen-bond acceptors (Lipinski definition) is 1. The molecule has 3 rings (SSSR count). The summed E-state index contributed by atoms with van der Waals surface area (Å²) in [6.45, 7) is 6.43. The molecule has 0 saturated heterocycles. The highest BCUT2D eigenvalue weighted by Gasteiger charge is 2.56. The molecule has 3 aliphatic rings. The normalized spacial score (nSPS) is 52.0. The Kier molecular flexibility index (Phi) is 1.15. The first-order valence-corrected chi connectivity index (χ1v) is 4.36. The summed E-state index contributed by atoms with van der Waals surface area (Å²) >= 11 is 0. The zero-order chi connectivity index (χ0) is 8.28. The highest BCUT2D eigenvalue weighted by molar-refractivity contribution is 5.22. The van der Waals surface area contributed by atoms with Gasteiger partial charge >= 0.3 is 0 Å². The van der Waals surface area contributed by atoms with Crippen LogP contribution in [0.4, 0.5) is 0 Å². The topological polar surface area (TPSA) is 20.2 Å². The number of allylic oxidation sites excluding steroid dienone is 1. The van der Waals surface area contributed by atoms with Gasteiger partial charge in [0.15, 0.2) is 0 Å². The summed E-state index contributed by atoms with van der Waals surface area (Å²) in [6, 6.07) is 0. The quantitative estimate of drug-likeness (QED) is 0.526. The molecule has 2 bridgehead atoms. The van der Waals surface area contributed by atoms with Crippen LogP contribution in [-0.2, 0) is 0 Å². The minimum atomic E-state index is -0.543. The summed E-state index contributed by atoms with van der Waals surface area (Å²) in [5, 5.41) is 9.93. The predicted octanol–water partition coefficient (Wildman–Crippen LogP) is 1.97. The lowest BCUT2D eigenvalue weighted by atomic mass is 9.47. The van der Waals surface area contributed by atoms with Crippen LogP contribution >= 0.6 is 0 Å². The third-order valence-corrected chi connectivity index (χ3v) is 3.71. The van der Waals surface area contributed by atoms with Crippen molar-refractivity contribution in [3.05, 3.63) is 12.2 Å². The van der Waals surface area contributed by atoms with Crippen LogP contribution in [0.15, 0.2) is 12.2 Å². The van der Waals surface area contributed by atoms with Crippen molar-refractivity contribution >= 4 is 0 Å². The van der Waals surface area contributed by atoms with Gasteiger partial charge < -0.3 is 5.11 Å². The van der Waals surface area contributed by atoms with Crippen molar-refractivity contribution in [3.63, 3.8) is 0 Å². The lowest BCUT2D eigenvalue weighted by Crippen LogP contribution is -2.57. The van der Waals surface area contributed by atoms with Crippen LogP contribution in [0.2, 0.25) is 0 Å². The van der Waals surface area contributed by atoms with Crippen molar-refractivity contribution in [2.24, 2.45) is 17.3 Å². The van der Waals surface area contributed by atoms with Gasteiger partial charge in [-0.2, -0.15) is 0 Å². The molecule has 1 saturated carbocycles. The van der Waals surface area contributed by atoms with Gasteiger partial charge in [-0.15, -0.1) is 0 Å². The number of hydrogen-bond donors (Lipinski definition) is 1. The van der Waals surface area contributed by atoms with Crippen molar-refractivity contribution in [1.82, 2.24) is 0 Å². The number of fused-ring (bicyclic) bond motifs is 1. The van der Waals surface area contributed by atoms with Gasteiger partial charge in [0.2, 0.25) is 0 Å². The molecular weight excluding hydrogens is 136 g/mol. The first-order chi connectivity index (χ1) is 4.94. The fourth-order valence-electron chi connectivity index (χ4n) is 2.70. The molecule has 3 atom stereocenters. The van der Waals surface area contributed by atoms with Crippen LogP contribution in [0, 0.1) is 17.3 Å². The van der Waals surface area contributed by atoms with Crippen molar-refractivity contribution in [2.75, 3.05) is 0 Å². The molecule has 0 radical (unpaired) electrons. The van der Waals surface area contributed by atoms with Gasteiger partial charge in [-0.1, -0.05) is 26.0 Å². The van der Waals surface area contributed by atoms with Gasteiger partial charge in [0.25, 0.3) is 0 Å². The number of aliphatic hydroxyl groups is 1. The minimum Gasteiger partial charge on any atom is -0.386 e. The van der Waals surface area contributed by atoms with E-state index in [4.69, 9.17) is 0 Å².